The lowest BCUT2D eigenvalue weighted by molar-refractivity contribution is 0.358. The Kier molecular flexibility index (Phi) is 7.54. The maximum Gasteiger partial charge on any atom is 0.178 e. The zero-order chi connectivity index (χ0) is 21.5. The molecule has 1 nitrogen and oxygen atoms in total. The second-order valence-corrected chi connectivity index (χ2v) is 10.8. The van der Waals surface area contributed by atoms with E-state index in [-0.39, 0.29) is 5.41 Å². The molecule has 0 heterocycles. The van der Waals surface area contributed by atoms with Crippen molar-refractivity contribution in [1.82, 2.24) is 0 Å². The number of allylic oxidation sites excluding steroid dienone is 4. The van der Waals surface area contributed by atoms with E-state index in [9.17, 15) is 4.57 Å². The summed E-state index contributed by atoms with van der Waals surface area (Å²) in [5.41, 5.74) is 4.84. The molecule has 0 amide bonds. The molecule has 0 aromatic heterocycles. The quantitative estimate of drug-likeness (QED) is 0.234. The topological polar surface area (TPSA) is 17.1 Å². The Morgan fingerprint density at radius 2 is 1.60 bits per heavy atom. The van der Waals surface area contributed by atoms with Crippen LogP contribution in [-0.4, -0.2) is 0 Å². The molecule has 0 spiro atoms. The number of hydrogen-bond donors (Lipinski definition) is 0. The molecular formula is C28H33OP. The summed E-state index contributed by atoms with van der Waals surface area (Å²) in [4.78, 5) is 0. The zero-order valence-corrected chi connectivity index (χ0v) is 19.2. The van der Waals surface area contributed by atoms with Gasteiger partial charge in [-0.05, 0) is 55.6 Å². The van der Waals surface area contributed by atoms with Gasteiger partial charge in [-0.3, -0.25) is 0 Å². The van der Waals surface area contributed by atoms with Gasteiger partial charge in [0, 0.05) is 10.6 Å². The van der Waals surface area contributed by atoms with Crippen molar-refractivity contribution in [1.29, 1.82) is 0 Å². The largest absolute Gasteiger partial charge is 0.308 e. The minimum Gasteiger partial charge on any atom is -0.308 e. The summed E-state index contributed by atoms with van der Waals surface area (Å²) in [5, 5.41) is 2.64. The number of rotatable bonds is 9. The second-order valence-electron chi connectivity index (χ2n) is 8.10. The summed E-state index contributed by atoms with van der Waals surface area (Å²) >= 11 is 0. The van der Waals surface area contributed by atoms with Gasteiger partial charge in [-0.25, -0.2) is 0 Å². The molecule has 2 heteroatoms. The van der Waals surface area contributed by atoms with Crippen LogP contribution in [0, 0.1) is 5.41 Å². The second kappa shape index (κ2) is 10.1. The van der Waals surface area contributed by atoms with Gasteiger partial charge in [0.15, 0.2) is 7.14 Å². The van der Waals surface area contributed by atoms with Gasteiger partial charge in [0.25, 0.3) is 0 Å². The van der Waals surface area contributed by atoms with Gasteiger partial charge in [-0.1, -0.05) is 86.7 Å². The highest BCUT2D eigenvalue weighted by molar-refractivity contribution is 7.82. The van der Waals surface area contributed by atoms with Gasteiger partial charge in [0.05, 0.1) is 5.31 Å². The normalized spacial score (nSPS) is 14.0. The molecule has 0 saturated carbocycles. The summed E-state index contributed by atoms with van der Waals surface area (Å²) in [6.07, 6.45) is 12.5. The number of hydrogen-bond acceptors (Lipinski definition) is 1. The lowest BCUT2D eigenvalue weighted by Gasteiger charge is -2.26. The first-order chi connectivity index (χ1) is 14.6. The molecule has 0 atom stereocenters. The number of benzene rings is 2. The van der Waals surface area contributed by atoms with E-state index in [1.165, 1.54) is 5.57 Å². The van der Waals surface area contributed by atoms with E-state index in [0.29, 0.717) is 0 Å². The van der Waals surface area contributed by atoms with Crippen molar-refractivity contribution in [2.75, 3.05) is 0 Å². The Labute approximate surface area is 182 Å². The lowest BCUT2D eigenvalue weighted by atomic mass is 9.79. The Balaban J connectivity index is 2.31. The van der Waals surface area contributed by atoms with Crippen molar-refractivity contribution < 1.29 is 4.57 Å². The first-order valence-electron chi connectivity index (χ1n) is 11.1. The first-order valence-corrected chi connectivity index (χ1v) is 12.8. The van der Waals surface area contributed by atoms with Crippen molar-refractivity contribution in [3.8, 4) is 0 Å². The molecule has 2 aromatic carbocycles. The monoisotopic (exact) mass is 416 g/mol. The Morgan fingerprint density at radius 1 is 1.03 bits per heavy atom. The molecule has 2 aromatic rings. The lowest BCUT2D eigenvalue weighted by Crippen LogP contribution is -2.18. The molecule has 30 heavy (non-hydrogen) atoms. The van der Waals surface area contributed by atoms with Crippen LogP contribution in [0.4, 0.5) is 0 Å². The predicted octanol–water partition coefficient (Wildman–Crippen LogP) is 7.53. The Bertz CT molecular complexity index is 944. The summed E-state index contributed by atoms with van der Waals surface area (Å²) in [6.45, 7) is 8.40. The minimum absolute atomic E-state index is 0.00434. The fourth-order valence-electron chi connectivity index (χ4n) is 4.27. The highest BCUT2D eigenvalue weighted by Gasteiger charge is 2.34. The van der Waals surface area contributed by atoms with Gasteiger partial charge in [-0.15, -0.1) is 12.3 Å². The van der Waals surface area contributed by atoms with E-state index in [1.54, 1.807) is 0 Å². The van der Waals surface area contributed by atoms with Crippen molar-refractivity contribution in [3.05, 3.63) is 102 Å². The average Bonchev–Trinajstić information content (AvgIpc) is 3.34. The van der Waals surface area contributed by atoms with Gasteiger partial charge in [0.2, 0.25) is 0 Å². The molecule has 156 valence electrons. The van der Waals surface area contributed by atoms with E-state index < -0.39 is 7.14 Å². The standard InChI is InChI=1S/C28H33OP/c1-4-22-28(5-2,6-3)23-21-27(24-15-13-14-16-24)30(29,25-17-9-7-10-18-25)26-19-11-8-12-20-26/h4,7-12,15,17-20,23H,1,5-6,13-14,16,22H2,2-3H3. The molecular weight excluding hydrogens is 383 g/mol. The van der Waals surface area contributed by atoms with E-state index in [1.807, 2.05) is 66.7 Å². The van der Waals surface area contributed by atoms with Crippen LogP contribution in [0.3, 0.4) is 0 Å². The predicted molar refractivity (Wildman–Crippen MR) is 131 cm³/mol. The van der Waals surface area contributed by atoms with Crippen molar-refractivity contribution in [3.63, 3.8) is 0 Å². The average molecular weight is 417 g/mol. The first kappa shape index (κ1) is 22.4. The van der Waals surface area contributed by atoms with Gasteiger partial charge < -0.3 is 4.57 Å². The summed E-state index contributed by atoms with van der Waals surface area (Å²) in [5.74, 6) is 0. The summed E-state index contributed by atoms with van der Waals surface area (Å²) in [7, 11) is -3.03. The van der Waals surface area contributed by atoms with E-state index in [0.717, 1.165) is 54.4 Å². The van der Waals surface area contributed by atoms with Crippen LogP contribution in [0.1, 0.15) is 52.4 Å². The fraction of sp³-hybridized carbons (Fsp3) is 0.321. The third-order valence-corrected chi connectivity index (χ3v) is 9.47. The molecule has 0 unspecified atom stereocenters. The third-order valence-electron chi connectivity index (χ3n) is 6.37. The van der Waals surface area contributed by atoms with E-state index in [4.69, 9.17) is 0 Å². The van der Waals surface area contributed by atoms with Crippen LogP contribution >= 0.6 is 7.14 Å². The Hall–Kier alpha value is -2.33. The van der Waals surface area contributed by atoms with Crippen LogP contribution in [0.15, 0.2) is 102 Å². The van der Waals surface area contributed by atoms with E-state index >= 15 is 0 Å². The third kappa shape index (κ3) is 4.54. The minimum atomic E-state index is -3.03. The van der Waals surface area contributed by atoms with Gasteiger partial charge in [0.1, 0.15) is 0 Å². The molecule has 1 aliphatic carbocycles. The molecule has 0 bridgehead atoms. The molecule has 0 radical (unpaired) electrons. The molecule has 0 fully saturated rings. The van der Waals surface area contributed by atoms with Crippen molar-refractivity contribution >= 4 is 17.8 Å². The van der Waals surface area contributed by atoms with E-state index in [2.05, 4.69) is 38.3 Å². The highest BCUT2D eigenvalue weighted by Crippen LogP contribution is 2.56. The molecule has 3 rings (SSSR count). The molecule has 0 aliphatic heterocycles. The summed E-state index contributed by atoms with van der Waals surface area (Å²) in [6, 6.07) is 19.9. The van der Waals surface area contributed by atoms with Crippen LogP contribution in [0.2, 0.25) is 0 Å². The summed E-state index contributed by atoms with van der Waals surface area (Å²) < 4.78 is 15.0. The van der Waals surface area contributed by atoms with Crippen LogP contribution in [0.25, 0.3) is 0 Å². The SMILES string of the molecule is C=CCC(C=C=C(C1=CCCC1)P(=O)(c1ccccc1)c1ccccc1)(CC)CC. The van der Waals surface area contributed by atoms with Crippen molar-refractivity contribution in [2.45, 2.75) is 52.4 Å². The fourth-order valence-corrected chi connectivity index (χ4v) is 7.12. The molecule has 1 aliphatic rings. The van der Waals surface area contributed by atoms with Gasteiger partial charge >= 0.3 is 0 Å². The van der Waals surface area contributed by atoms with Crippen LogP contribution < -0.4 is 10.6 Å². The molecule has 0 N–H and O–H groups in total. The highest BCUT2D eigenvalue weighted by atomic mass is 31.2. The Morgan fingerprint density at radius 3 is 2.03 bits per heavy atom. The van der Waals surface area contributed by atoms with Gasteiger partial charge in [-0.2, -0.15) is 0 Å². The van der Waals surface area contributed by atoms with Crippen LogP contribution in [0.5, 0.6) is 0 Å². The van der Waals surface area contributed by atoms with Crippen LogP contribution in [-0.2, 0) is 4.57 Å². The smallest absolute Gasteiger partial charge is 0.178 e. The maximum atomic E-state index is 15.0. The maximum absolute atomic E-state index is 15.0. The zero-order valence-electron chi connectivity index (χ0n) is 18.3. The van der Waals surface area contributed by atoms with Crippen molar-refractivity contribution in [2.24, 2.45) is 5.41 Å². The molecule has 0 saturated heterocycles.